The standard InChI is InChI=1S/C16H25N3/c1-18-12-8-14(9-13-18)17-15-6-2-3-7-16(15)19-10-4-5-11-19/h2-3,6-7,14,17H,4-5,8-13H2,1H3. The van der Waals surface area contributed by atoms with E-state index in [4.69, 9.17) is 0 Å². The number of rotatable bonds is 3. The Morgan fingerprint density at radius 2 is 1.68 bits per heavy atom. The third-order valence-electron chi connectivity index (χ3n) is 4.43. The van der Waals surface area contributed by atoms with Gasteiger partial charge in [-0.1, -0.05) is 12.1 Å². The number of benzene rings is 1. The van der Waals surface area contributed by atoms with E-state index in [-0.39, 0.29) is 0 Å². The van der Waals surface area contributed by atoms with E-state index in [0.29, 0.717) is 6.04 Å². The quantitative estimate of drug-likeness (QED) is 0.900. The van der Waals surface area contributed by atoms with E-state index in [0.717, 1.165) is 0 Å². The Bertz CT molecular complexity index is 404. The molecule has 3 rings (SSSR count). The molecule has 0 atom stereocenters. The first-order valence-electron chi connectivity index (χ1n) is 7.62. The molecule has 3 nitrogen and oxygen atoms in total. The van der Waals surface area contributed by atoms with Crippen LogP contribution in [0.3, 0.4) is 0 Å². The minimum absolute atomic E-state index is 0.639. The molecule has 2 aliphatic heterocycles. The maximum Gasteiger partial charge on any atom is 0.0602 e. The molecule has 0 saturated carbocycles. The number of nitrogens with one attached hydrogen (secondary N) is 1. The summed E-state index contributed by atoms with van der Waals surface area (Å²) < 4.78 is 0. The highest BCUT2D eigenvalue weighted by atomic mass is 15.2. The summed E-state index contributed by atoms with van der Waals surface area (Å²) in [7, 11) is 2.22. The van der Waals surface area contributed by atoms with Crippen LogP contribution in [-0.4, -0.2) is 44.2 Å². The summed E-state index contributed by atoms with van der Waals surface area (Å²) in [5.41, 5.74) is 2.73. The smallest absolute Gasteiger partial charge is 0.0602 e. The van der Waals surface area contributed by atoms with Crippen molar-refractivity contribution >= 4 is 11.4 Å². The van der Waals surface area contributed by atoms with Crippen molar-refractivity contribution in [2.45, 2.75) is 31.7 Å². The van der Waals surface area contributed by atoms with E-state index in [1.807, 2.05) is 0 Å². The molecule has 2 heterocycles. The normalized spacial score (nSPS) is 21.8. The van der Waals surface area contributed by atoms with Crippen molar-refractivity contribution in [2.24, 2.45) is 0 Å². The third-order valence-corrected chi connectivity index (χ3v) is 4.43. The average Bonchev–Trinajstić information content (AvgIpc) is 2.96. The van der Waals surface area contributed by atoms with Crippen LogP contribution in [0.2, 0.25) is 0 Å². The summed E-state index contributed by atoms with van der Waals surface area (Å²) >= 11 is 0. The van der Waals surface area contributed by atoms with Gasteiger partial charge in [-0.3, -0.25) is 0 Å². The molecule has 0 unspecified atom stereocenters. The van der Waals surface area contributed by atoms with E-state index in [9.17, 15) is 0 Å². The number of para-hydroxylation sites is 2. The largest absolute Gasteiger partial charge is 0.381 e. The first-order chi connectivity index (χ1) is 9.33. The van der Waals surface area contributed by atoms with E-state index in [1.54, 1.807) is 0 Å². The summed E-state index contributed by atoms with van der Waals surface area (Å²) in [6.07, 6.45) is 5.18. The lowest BCUT2D eigenvalue weighted by Crippen LogP contribution is -2.37. The Labute approximate surface area is 116 Å². The van der Waals surface area contributed by atoms with Gasteiger partial charge in [0, 0.05) is 19.1 Å². The van der Waals surface area contributed by atoms with Gasteiger partial charge in [-0.05, 0) is 58.0 Å². The minimum Gasteiger partial charge on any atom is -0.381 e. The fourth-order valence-electron chi connectivity index (χ4n) is 3.20. The van der Waals surface area contributed by atoms with Crippen LogP contribution in [-0.2, 0) is 0 Å². The Morgan fingerprint density at radius 1 is 1.00 bits per heavy atom. The number of piperidine rings is 1. The van der Waals surface area contributed by atoms with E-state index < -0.39 is 0 Å². The van der Waals surface area contributed by atoms with Gasteiger partial charge in [-0.25, -0.2) is 0 Å². The molecule has 19 heavy (non-hydrogen) atoms. The Kier molecular flexibility index (Phi) is 3.92. The molecular weight excluding hydrogens is 234 g/mol. The molecule has 1 aromatic rings. The van der Waals surface area contributed by atoms with Gasteiger partial charge in [0.1, 0.15) is 0 Å². The topological polar surface area (TPSA) is 18.5 Å². The van der Waals surface area contributed by atoms with Crippen molar-refractivity contribution in [2.75, 3.05) is 43.4 Å². The molecule has 0 amide bonds. The Hall–Kier alpha value is -1.22. The van der Waals surface area contributed by atoms with Gasteiger partial charge in [0.15, 0.2) is 0 Å². The molecule has 2 aliphatic rings. The zero-order valence-electron chi connectivity index (χ0n) is 11.9. The van der Waals surface area contributed by atoms with Crippen LogP contribution in [0.5, 0.6) is 0 Å². The maximum absolute atomic E-state index is 3.78. The lowest BCUT2D eigenvalue weighted by Gasteiger charge is -2.31. The zero-order chi connectivity index (χ0) is 13.1. The van der Waals surface area contributed by atoms with Crippen LogP contribution in [0.1, 0.15) is 25.7 Å². The van der Waals surface area contributed by atoms with Crippen molar-refractivity contribution in [3.8, 4) is 0 Å². The molecular formula is C16H25N3. The molecule has 2 fully saturated rings. The molecule has 2 saturated heterocycles. The van der Waals surface area contributed by atoms with Crippen molar-refractivity contribution in [3.05, 3.63) is 24.3 Å². The first kappa shape index (κ1) is 12.8. The fourth-order valence-corrected chi connectivity index (χ4v) is 3.20. The molecule has 104 valence electrons. The number of likely N-dealkylation sites (tertiary alicyclic amines) is 1. The second-order valence-corrected chi connectivity index (χ2v) is 5.93. The van der Waals surface area contributed by atoms with Crippen LogP contribution in [0.25, 0.3) is 0 Å². The van der Waals surface area contributed by atoms with Gasteiger partial charge in [-0.2, -0.15) is 0 Å². The Balaban J connectivity index is 1.69. The van der Waals surface area contributed by atoms with Crippen molar-refractivity contribution in [1.29, 1.82) is 0 Å². The average molecular weight is 259 g/mol. The third kappa shape index (κ3) is 3.03. The number of anilines is 2. The predicted molar refractivity (Wildman–Crippen MR) is 82.0 cm³/mol. The van der Waals surface area contributed by atoms with Gasteiger partial charge in [0.2, 0.25) is 0 Å². The molecule has 3 heteroatoms. The molecule has 0 spiro atoms. The summed E-state index contributed by atoms with van der Waals surface area (Å²) in [6.45, 7) is 4.85. The maximum atomic E-state index is 3.78. The predicted octanol–water partition coefficient (Wildman–Crippen LogP) is 2.79. The molecule has 0 aromatic heterocycles. The SMILES string of the molecule is CN1CCC(Nc2ccccc2N2CCCC2)CC1. The van der Waals surface area contributed by atoms with Gasteiger partial charge in [0.25, 0.3) is 0 Å². The van der Waals surface area contributed by atoms with E-state index >= 15 is 0 Å². The second kappa shape index (κ2) is 5.83. The summed E-state index contributed by atoms with van der Waals surface area (Å²) in [5, 5.41) is 3.78. The van der Waals surface area contributed by atoms with Crippen molar-refractivity contribution < 1.29 is 0 Å². The summed E-state index contributed by atoms with van der Waals surface area (Å²) in [6, 6.07) is 9.46. The Morgan fingerprint density at radius 3 is 2.42 bits per heavy atom. The van der Waals surface area contributed by atoms with Gasteiger partial charge in [-0.15, -0.1) is 0 Å². The molecule has 0 aliphatic carbocycles. The van der Waals surface area contributed by atoms with Crippen LogP contribution in [0.4, 0.5) is 11.4 Å². The summed E-state index contributed by atoms with van der Waals surface area (Å²) in [4.78, 5) is 4.95. The van der Waals surface area contributed by atoms with Crippen LogP contribution in [0.15, 0.2) is 24.3 Å². The van der Waals surface area contributed by atoms with Crippen molar-refractivity contribution in [1.82, 2.24) is 4.90 Å². The monoisotopic (exact) mass is 259 g/mol. The van der Waals surface area contributed by atoms with Crippen LogP contribution in [0, 0.1) is 0 Å². The van der Waals surface area contributed by atoms with E-state index in [2.05, 4.69) is 46.4 Å². The molecule has 0 bridgehead atoms. The number of nitrogens with zero attached hydrogens (tertiary/aromatic N) is 2. The van der Waals surface area contributed by atoms with Gasteiger partial charge in [0.05, 0.1) is 11.4 Å². The van der Waals surface area contributed by atoms with Crippen LogP contribution < -0.4 is 10.2 Å². The van der Waals surface area contributed by atoms with Crippen LogP contribution >= 0.6 is 0 Å². The highest BCUT2D eigenvalue weighted by Gasteiger charge is 2.19. The fraction of sp³-hybridized carbons (Fsp3) is 0.625. The number of hydrogen-bond acceptors (Lipinski definition) is 3. The highest BCUT2D eigenvalue weighted by Crippen LogP contribution is 2.30. The number of hydrogen-bond donors (Lipinski definition) is 1. The highest BCUT2D eigenvalue weighted by molar-refractivity contribution is 5.70. The second-order valence-electron chi connectivity index (χ2n) is 5.93. The lowest BCUT2D eigenvalue weighted by molar-refractivity contribution is 0.264. The molecule has 1 aromatic carbocycles. The lowest BCUT2D eigenvalue weighted by atomic mass is 10.0. The van der Waals surface area contributed by atoms with E-state index in [1.165, 1.54) is 63.2 Å². The minimum atomic E-state index is 0.639. The summed E-state index contributed by atoms with van der Waals surface area (Å²) in [5.74, 6) is 0. The molecule has 0 radical (unpaired) electrons. The van der Waals surface area contributed by atoms with Gasteiger partial charge < -0.3 is 15.1 Å². The zero-order valence-corrected chi connectivity index (χ0v) is 11.9. The van der Waals surface area contributed by atoms with Crippen molar-refractivity contribution in [3.63, 3.8) is 0 Å². The first-order valence-corrected chi connectivity index (χ1v) is 7.62. The van der Waals surface area contributed by atoms with Gasteiger partial charge >= 0.3 is 0 Å². The molecule has 1 N–H and O–H groups in total.